The largest absolute Gasteiger partial charge is 0.308 e. The first kappa shape index (κ1) is 66.3. The van der Waals surface area contributed by atoms with Crippen LogP contribution >= 0.6 is 0 Å². The average Bonchev–Trinajstić information content (AvgIpc) is 1.56. The molecule has 0 aliphatic heterocycles. The van der Waals surface area contributed by atoms with Crippen molar-refractivity contribution in [2.24, 2.45) is 0 Å². The fourth-order valence-corrected chi connectivity index (χ4v) is 15.6. The summed E-state index contributed by atoms with van der Waals surface area (Å²) in [6, 6.07) is 142. The van der Waals surface area contributed by atoms with Crippen LogP contribution in [0.3, 0.4) is 0 Å². The van der Waals surface area contributed by atoms with Gasteiger partial charge in [0.25, 0.3) is 0 Å². The van der Waals surface area contributed by atoms with Crippen molar-refractivity contribution in [2.75, 3.05) is 0 Å². The molecular formula is C103H67N9. The molecule has 6 heterocycles. The Hall–Kier alpha value is -15.2. The highest BCUT2D eigenvalue weighted by atomic mass is 15.0. The number of hydrogen-bond acceptors (Lipinski definition) is 7. The SMILES string of the molecule is c1ccc(-c2ccc(-c3cc(-c4ccccc4)nc(-c4ccc(-n5c6ccccc6c6c(-c7ccccc7)nc7ccccc7c65)cc4)n3)cc2)cc1.c1ccc(-c2ccc(-c3nc(-c4ccc(-c5ccccc5)cc4)nc(-c4ccc(-n5c6ccccc6c6c(-c7ccccc7)nc7ccccc7c65)cc4)n3)cc2)cc1. The van der Waals surface area contributed by atoms with E-state index in [1.54, 1.807) is 0 Å². The minimum Gasteiger partial charge on any atom is -0.308 e. The third-order valence-corrected chi connectivity index (χ3v) is 21.1. The fourth-order valence-electron chi connectivity index (χ4n) is 15.6. The van der Waals surface area contributed by atoms with E-state index in [1.165, 1.54) is 27.6 Å². The molecule has 0 radical (unpaired) electrons. The molecule has 0 fully saturated rings. The Morgan fingerprint density at radius 1 is 0.170 bits per heavy atom. The molecule has 6 aromatic heterocycles. The summed E-state index contributed by atoms with van der Waals surface area (Å²) in [5.41, 5.74) is 27.2. The molecule has 0 spiro atoms. The van der Waals surface area contributed by atoms with Gasteiger partial charge in [0, 0.05) is 88.2 Å². The minimum absolute atomic E-state index is 0.610. The van der Waals surface area contributed by atoms with Gasteiger partial charge in [0.1, 0.15) is 0 Å². The van der Waals surface area contributed by atoms with Crippen LogP contribution in [0.1, 0.15) is 0 Å². The first-order chi connectivity index (χ1) is 55.5. The standard InChI is InChI=1S/C54H35N5.C49H32N4/c1-4-14-36(15-5-1)38-24-28-41(29-25-38)52-56-53(42-30-26-39(27-31-42)37-16-6-2-7-17-37)58-54(57-52)43-32-34-44(35-33-43)59-48-23-13-11-21-46(48)49-50(40-18-8-3-9-19-40)55-47-22-12-10-20-45(47)51(49)59;1-4-14-33(15-5-1)34-24-26-36(27-25-34)44-32-43(35-16-6-2-7-17-35)51-49(52-44)38-28-30-39(31-29-38)53-45-23-13-11-21-41(45)46-47(37-18-8-3-9-19-37)50-42-22-12-10-20-40(42)48(46)53/h1-35H;1-32H. The summed E-state index contributed by atoms with van der Waals surface area (Å²) in [5.74, 6) is 2.54. The molecule has 0 N–H and O–H groups in total. The Balaban J connectivity index is 0.000000147. The fraction of sp³-hybridized carbons (Fsp3) is 0. The smallest absolute Gasteiger partial charge is 0.164 e. The molecule has 0 aliphatic rings. The highest BCUT2D eigenvalue weighted by Crippen LogP contribution is 2.44. The number of aromatic nitrogens is 9. The van der Waals surface area contributed by atoms with Gasteiger partial charge in [-0.25, -0.2) is 34.9 Å². The summed E-state index contributed by atoms with van der Waals surface area (Å²) in [4.78, 5) is 36.0. The predicted molar refractivity (Wildman–Crippen MR) is 461 cm³/mol. The number of pyridine rings is 2. The van der Waals surface area contributed by atoms with E-state index in [4.69, 9.17) is 34.9 Å². The molecule has 112 heavy (non-hydrogen) atoms. The summed E-state index contributed by atoms with van der Waals surface area (Å²) in [6.45, 7) is 0. The quantitative estimate of drug-likeness (QED) is 0.113. The maximum atomic E-state index is 5.26. The predicted octanol–water partition coefficient (Wildman–Crippen LogP) is 26.0. The lowest BCUT2D eigenvalue weighted by Crippen LogP contribution is -2.01. The Morgan fingerprint density at radius 3 is 0.759 bits per heavy atom. The third-order valence-electron chi connectivity index (χ3n) is 21.1. The van der Waals surface area contributed by atoms with Crippen molar-refractivity contribution < 1.29 is 0 Å². The van der Waals surface area contributed by atoms with Crippen molar-refractivity contribution in [1.29, 1.82) is 0 Å². The van der Waals surface area contributed by atoms with Gasteiger partial charge in [-0.15, -0.1) is 0 Å². The third kappa shape index (κ3) is 12.5. The highest BCUT2D eigenvalue weighted by Gasteiger charge is 2.24. The van der Waals surface area contributed by atoms with Crippen LogP contribution in [0, 0.1) is 0 Å². The van der Waals surface area contributed by atoms with Crippen LogP contribution < -0.4 is 0 Å². The number of benzene rings is 15. The van der Waals surface area contributed by atoms with Crippen molar-refractivity contribution in [3.8, 4) is 135 Å². The second-order valence-corrected chi connectivity index (χ2v) is 27.9. The topological polar surface area (TPSA) is 100 Å². The van der Waals surface area contributed by atoms with Crippen LogP contribution in [0.25, 0.3) is 201 Å². The molecule has 21 rings (SSSR count). The summed E-state index contributed by atoms with van der Waals surface area (Å²) in [6.07, 6.45) is 0. The molecule has 0 saturated carbocycles. The van der Waals surface area contributed by atoms with Gasteiger partial charge in [-0.05, 0) is 112 Å². The lowest BCUT2D eigenvalue weighted by Gasteiger charge is -2.13. The molecule has 9 nitrogen and oxygen atoms in total. The monoisotopic (exact) mass is 1430 g/mol. The maximum absolute atomic E-state index is 5.26. The number of hydrogen-bond donors (Lipinski definition) is 0. The van der Waals surface area contributed by atoms with Crippen LogP contribution in [-0.4, -0.2) is 44.0 Å². The minimum atomic E-state index is 0.610. The van der Waals surface area contributed by atoms with E-state index in [9.17, 15) is 0 Å². The molecular weight excluding hydrogens is 1360 g/mol. The zero-order valence-corrected chi connectivity index (χ0v) is 60.7. The first-order valence-electron chi connectivity index (χ1n) is 37.7. The highest BCUT2D eigenvalue weighted by molar-refractivity contribution is 6.24. The van der Waals surface area contributed by atoms with Crippen molar-refractivity contribution in [3.05, 3.63) is 406 Å². The van der Waals surface area contributed by atoms with Gasteiger partial charge in [-0.3, -0.25) is 0 Å². The van der Waals surface area contributed by atoms with Crippen molar-refractivity contribution >= 4 is 65.4 Å². The van der Waals surface area contributed by atoms with Crippen LogP contribution in [-0.2, 0) is 0 Å². The van der Waals surface area contributed by atoms with Gasteiger partial charge in [0.15, 0.2) is 23.3 Å². The molecule has 21 aromatic rings. The maximum Gasteiger partial charge on any atom is 0.164 e. The number of para-hydroxylation sites is 4. The molecule has 9 heteroatoms. The van der Waals surface area contributed by atoms with Crippen LogP contribution in [0.2, 0.25) is 0 Å². The van der Waals surface area contributed by atoms with E-state index in [-0.39, 0.29) is 0 Å². The summed E-state index contributed by atoms with van der Waals surface area (Å²) < 4.78 is 4.75. The molecule has 524 valence electrons. The van der Waals surface area contributed by atoms with Crippen LogP contribution in [0.15, 0.2) is 406 Å². The van der Waals surface area contributed by atoms with E-state index in [0.29, 0.717) is 23.3 Å². The van der Waals surface area contributed by atoms with E-state index in [0.717, 1.165) is 150 Å². The van der Waals surface area contributed by atoms with Crippen molar-refractivity contribution in [2.45, 2.75) is 0 Å². The van der Waals surface area contributed by atoms with Gasteiger partial charge >= 0.3 is 0 Å². The Morgan fingerprint density at radius 2 is 0.411 bits per heavy atom. The summed E-state index contributed by atoms with van der Waals surface area (Å²) in [5, 5.41) is 6.84. The second-order valence-electron chi connectivity index (χ2n) is 27.9. The Labute approximate surface area is 647 Å². The molecule has 0 amide bonds. The van der Waals surface area contributed by atoms with Crippen molar-refractivity contribution in [1.82, 2.24) is 44.0 Å². The van der Waals surface area contributed by atoms with Crippen LogP contribution in [0.5, 0.6) is 0 Å². The Kier molecular flexibility index (Phi) is 17.1. The molecule has 0 aliphatic carbocycles. The zero-order valence-electron chi connectivity index (χ0n) is 60.7. The number of fused-ring (bicyclic) bond motifs is 10. The number of nitrogens with zero attached hydrogens (tertiary/aromatic N) is 9. The van der Waals surface area contributed by atoms with E-state index in [2.05, 4.69) is 373 Å². The van der Waals surface area contributed by atoms with Gasteiger partial charge in [-0.2, -0.15) is 0 Å². The molecule has 0 saturated heterocycles. The molecule has 0 unspecified atom stereocenters. The van der Waals surface area contributed by atoms with E-state index < -0.39 is 0 Å². The summed E-state index contributed by atoms with van der Waals surface area (Å²) >= 11 is 0. The lowest BCUT2D eigenvalue weighted by atomic mass is 10.0. The zero-order chi connectivity index (χ0) is 74.3. The van der Waals surface area contributed by atoms with Gasteiger partial charge in [-0.1, -0.05) is 328 Å². The summed E-state index contributed by atoms with van der Waals surface area (Å²) in [7, 11) is 0. The second kappa shape index (κ2) is 28.8. The normalized spacial score (nSPS) is 11.4. The molecule has 0 bridgehead atoms. The van der Waals surface area contributed by atoms with E-state index >= 15 is 0 Å². The first-order valence-corrected chi connectivity index (χ1v) is 37.7. The van der Waals surface area contributed by atoms with Gasteiger partial charge in [0.05, 0.1) is 55.9 Å². The number of rotatable bonds is 13. The van der Waals surface area contributed by atoms with Gasteiger partial charge in [0.2, 0.25) is 0 Å². The van der Waals surface area contributed by atoms with Crippen LogP contribution in [0.4, 0.5) is 0 Å². The molecule has 0 atom stereocenters. The van der Waals surface area contributed by atoms with Crippen molar-refractivity contribution in [3.63, 3.8) is 0 Å². The van der Waals surface area contributed by atoms with Gasteiger partial charge < -0.3 is 9.13 Å². The lowest BCUT2D eigenvalue weighted by molar-refractivity contribution is 1.07. The van der Waals surface area contributed by atoms with E-state index in [1.807, 2.05) is 42.5 Å². The Bertz CT molecular complexity index is 6920. The molecule has 15 aromatic carbocycles. The average molecular weight is 1430 g/mol.